The van der Waals surface area contributed by atoms with Crippen LogP contribution >= 0.6 is 11.3 Å². The molecule has 0 unspecified atom stereocenters. The number of thiazole rings is 1. The van der Waals surface area contributed by atoms with Gasteiger partial charge in [0, 0.05) is 17.4 Å². The molecule has 0 spiro atoms. The molecule has 3 rings (SSSR count). The van der Waals surface area contributed by atoms with Crippen molar-refractivity contribution >= 4 is 22.4 Å². The predicted octanol–water partition coefficient (Wildman–Crippen LogP) is 4.39. The molecule has 1 aromatic heterocycles. The largest absolute Gasteiger partial charge is 0.496 e. The summed E-state index contributed by atoms with van der Waals surface area (Å²) in [5.74, 6) is 0.765. The predicted molar refractivity (Wildman–Crippen MR) is 97.5 cm³/mol. The van der Waals surface area contributed by atoms with Crippen LogP contribution < -0.4 is 10.1 Å². The number of nitrogens with one attached hydrogen (secondary N) is 1. The molecular formula is C19H18N2O2S. The molecule has 1 heterocycles. The van der Waals surface area contributed by atoms with Crippen LogP contribution in [0.4, 0.5) is 5.13 Å². The van der Waals surface area contributed by atoms with Crippen LogP contribution in [0.15, 0.2) is 60.0 Å². The van der Waals surface area contributed by atoms with E-state index in [4.69, 9.17) is 4.74 Å². The zero-order valence-electron chi connectivity index (χ0n) is 13.4. The van der Waals surface area contributed by atoms with Crippen LogP contribution in [0, 0.1) is 0 Å². The Morgan fingerprint density at radius 3 is 2.67 bits per heavy atom. The first kappa shape index (κ1) is 16.2. The van der Waals surface area contributed by atoms with Gasteiger partial charge in [-0.2, -0.15) is 0 Å². The summed E-state index contributed by atoms with van der Waals surface area (Å²) in [5, 5.41) is 5.44. The maximum atomic E-state index is 12.1. The Balaban J connectivity index is 1.58. The zero-order valence-corrected chi connectivity index (χ0v) is 14.2. The molecule has 5 heteroatoms. The third-order valence-corrected chi connectivity index (χ3v) is 4.39. The van der Waals surface area contributed by atoms with Gasteiger partial charge in [-0.1, -0.05) is 48.5 Å². The number of rotatable bonds is 6. The summed E-state index contributed by atoms with van der Waals surface area (Å²) in [6.45, 7) is 0. The number of methoxy groups -OCH3 is 1. The standard InChI is InChI=1S/C19H18N2O2S/c1-23-17-10-6-5-9-15(17)11-12-18(22)21-19-20-16(13-24-19)14-7-3-2-4-8-14/h2-10,13H,11-12H2,1H3,(H,20,21,22). The maximum Gasteiger partial charge on any atom is 0.226 e. The summed E-state index contributed by atoms with van der Waals surface area (Å²) in [4.78, 5) is 16.6. The molecule has 1 N–H and O–H groups in total. The molecule has 0 saturated heterocycles. The first-order valence-corrected chi connectivity index (χ1v) is 8.57. The summed E-state index contributed by atoms with van der Waals surface area (Å²) in [5.41, 5.74) is 2.95. The average Bonchev–Trinajstić information content (AvgIpc) is 3.09. The Morgan fingerprint density at radius 1 is 1.12 bits per heavy atom. The molecule has 4 nitrogen and oxygen atoms in total. The van der Waals surface area contributed by atoms with Gasteiger partial charge < -0.3 is 10.1 Å². The fourth-order valence-corrected chi connectivity index (χ4v) is 3.15. The Bertz CT molecular complexity index is 815. The minimum Gasteiger partial charge on any atom is -0.496 e. The van der Waals surface area contributed by atoms with Crippen LogP contribution in [0.25, 0.3) is 11.3 Å². The molecule has 0 aliphatic rings. The van der Waals surface area contributed by atoms with Crippen molar-refractivity contribution in [1.82, 2.24) is 4.98 Å². The van der Waals surface area contributed by atoms with Crippen molar-refractivity contribution < 1.29 is 9.53 Å². The number of anilines is 1. The highest BCUT2D eigenvalue weighted by molar-refractivity contribution is 7.14. The van der Waals surface area contributed by atoms with Crippen LogP contribution in [0.5, 0.6) is 5.75 Å². The van der Waals surface area contributed by atoms with E-state index in [9.17, 15) is 4.79 Å². The molecule has 0 aliphatic carbocycles. The van der Waals surface area contributed by atoms with Gasteiger partial charge in [-0.15, -0.1) is 11.3 Å². The Labute approximate surface area is 145 Å². The molecule has 0 atom stereocenters. The first-order chi connectivity index (χ1) is 11.8. The summed E-state index contributed by atoms with van der Waals surface area (Å²) >= 11 is 1.43. The van der Waals surface area contributed by atoms with E-state index in [0.717, 1.165) is 22.6 Å². The lowest BCUT2D eigenvalue weighted by molar-refractivity contribution is -0.116. The molecule has 2 aromatic carbocycles. The van der Waals surface area contributed by atoms with Gasteiger partial charge in [-0.05, 0) is 18.1 Å². The lowest BCUT2D eigenvalue weighted by Gasteiger charge is -2.07. The number of carbonyl (C=O) groups excluding carboxylic acids is 1. The van der Waals surface area contributed by atoms with Crippen molar-refractivity contribution in [2.45, 2.75) is 12.8 Å². The van der Waals surface area contributed by atoms with Crippen molar-refractivity contribution in [3.05, 3.63) is 65.5 Å². The van der Waals surface area contributed by atoms with Gasteiger partial charge in [0.15, 0.2) is 5.13 Å². The van der Waals surface area contributed by atoms with Crippen LogP contribution in [0.3, 0.4) is 0 Å². The smallest absolute Gasteiger partial charge is 0.226 e. The monoisotopic (exact) mass is 338 g/mol. The second-order valence-corrected chi connectivity index (χ2v) is 6.12. The summed E-state index contributed by atoms with van der Waals surface area (Å²) in [6.07, 6.45) is 1.02. The van der Waals surface area contributed by atoms with Crippen molar-refractivity contribution in [2.24, 2.45) is 0 Å². The molecule has 24 heavy (non-hydrogen) atoms. The first-order valence-electron chi connectivity index (χ1n) is 7.69. The quantitative estimate of drug-likeness (QED) is 0.725. The minimum absolute atomic E-state index is 0.0464. The molecule has 0 radical (unpaired) electrons. The van der Waals surface area contributed by atoms with E-state index in [1.165, 1.54) is 11.3 Å². The van der Waals surface area contributed by atoms with E-state index in [-0.39, 0.29) is 5.91 Å². The molecule has 0 bridgehead atoms. The highest BCUT2D eigenvalue weighted by Crippen LogP contribution is 2.25. The third-order valence-electron chi connectivity index (χ3n) is 3.63. The summed E-state index contributed by atoms with van der Waals surface area (Å²) in [6, 6.07) is 17.7. The van der Waals surface area contributed by atoms with Gasteiger partial charge in [0.2, 0.25) is 5.91 Å². The van der Waals surface area contributed by atoms with Gasteiger partial charge >= 0.3 is 0 Å². The highest BCUT2D eigenvalue weighted by atomic mass is 32.1. The fourth-order valence-electron chi connectivity index (χ4n) is 2.41. The fraction of sp³-hybridized carbons (Fsp3) is 0.158. The molecule has 0 fully saturated rings. The van der Waals surface area contributed by atoms with Crippen molar-refractivity contribution in [3.63, 3.8) is 0 Å². The zero-order chi connectivity index (χ0) is 16.8. The Hall–Kier alpha value is -2.66. The molecule has 1 amide bonds. The van der Waals surface area contributed by atoms with Gasteiger partial charge in [-0.3, -0.25) is 4.79 Å². The van der Waals surface area contributed by atoms with Gasteiger partial charge in [0.1, 0.15) is 5.75 Å². The van der Waals surface area contributed by atoms with Crippen LogP contribution in [0.1, 0.15) is 12.0 Å². The van der Waals surface area contributed by atoms with Crippen LogP contribution in [-0.2, 0) is 11.2 Å². The average molecular weight is 338 g/mol. The molecule has 3 aromatic rings. The Morgan fingerprint density at radius 2 is 1.88 bits per heavy atom. The van der Waals surface area contributed by atoms with Crippen molar-refractivity contribution in [1.29, 1.82) is 0 Å². The second-order valence-electron chi connectivity index (χ2n) is 5.26. The van der Waals surface area contributed by atoms with E-state index in [1.807, 2.05) is 60.0 Å². The number of para-hydroxylation sites is 1. The van der Waals surface area contributed by atoms with Gasteiger partial charge in [0.25, 0.3) is 0 Å². The van der Waals surface area contributed by atoms with E-state index in [1.54, 1.807) is 7.11 Å². The highest BCUT2D eigenvalue weighted by Gasteiger charge is 2.09. The van der Waals surface area contributed by atoms with E-state index >= 15 is 0 Å². The number of carbonyl (C=O) groups is 1. The lowest BCUT2D eigenvalue weighted by atomic mass is 10.1. The Kier molecular flexibility index (Phi) is 5.23. The van der Waals surface area contributed by atoms with E-state index < -0.39 is 0 Å². The number of hydrogen-bond acceptors (Lipinski definition) is 4. The number of hydrogen-bond donors (Lipinski definition) is 1. The topological polar surface area (TPSA) is 51.2 Å². The second kappa shape index (κ2) is 7.75. The SMILES string of the molecule is COc1ccccc1CCC(=O)Nc1nc(-c2ccccc2)cs1. The van der Waals surface area contributed by atoms with Crippen molar-refractivity contribution in [3.8, 4) is 17.0 Å². The maximum absolute atomic E-state index is 12.1. The van der Waals surface area contributed by atoms with Crippen molar-refractivity contribution in [2.75, 3.05) is 12.4 Å². The molecule has 0 saturated carbocycles. The summed E-state index contributed by atoms with van der Waals surface area (Å²) < 4.78 is 5.31. The molecule has 122 valence electrons. The third kappa shape index (κ3) is 4.00. The number of ether oxygens (including phenoxy) is 1. The van der Waals surface area contributed by atoms with Gasteiger partial charge in [-0.25, -0.2) is 4.98 Å². The molecule has 0 aliphatic heterocycles. The van der Waals surface area contributed by atoms with Crippen LogP contribution in [-0.4, -0.2) is 18.0 Å². The number of benzene rings is 2. The number of nitrogens with zero attached hydrogens (tertiary/aromatic N) is 1. The van der Waals surface area contributed by atoms with Gasteiger partial charge in [0.05, 0.1) is 12.8 Å². The minimum atomic E-state index is -0.0464. The number of aryl methyl sites for hydroxylation is 1. The number of amides is 1. The van der Waals surface area contributed by atoms with Crippen LogP contribution in [0.2, 0.25) is 0 Å². The van der Waals surface area contributed by atoms with E-state index in [2.05, 4.69) is 10.3 Å². The summed E-state index contributed by atoms with van der Waals surface area (Å²) in [7, 11) is 1.64. The lowest BCUT2D eigenvalue weighted by Crippen LogP contribution is -2.12. The van der Waals surface area contributed by atoms with E-state index in [0.29, 0.717) is 18.0 Å². The number of aromatic nitrogens is 1. The molecular weight excluding hydrogens is 320 g/mol. The normalized spacial score (nSPS) is 10.4.